The molecule has 2 aromatic carbocycles. The molecule has 2 rings (SSSR count). The van der Waals surface area contributed by atoms with Crippen LogP contribution in [0.2, 0.25) is 5.02 Å². The molecule has 0 atom stereocenters. The topological polar surface area (TPSA) is 133 Å². The van der Waals surface area contributed by atoms with Crippen molar-refractivity contribution < 1.29 is 27.7 Å². The van der Waals surface area contributed by atoms with Gasteiger partial charge in [0.05, 0.1) is 10.5 Å². The quantitative estimate of drug-likeness (QED) is 0.377. The van der Waals surface area contributed by atoms with Crippen LogP contribution < -0.4 is 5.32 Å². The molecule has 11 heteroatoms. The zero-order valence-corrected chi connectivity index (χ0v) is 16.8. The number of amides is 1. The van der Waals surface area contributed by atoms with Crippen LogP contribution in [-0.2, 0) is 25.8 Å². The molecule has 0 heterocycles. The first-order valence-corrected chi connectivity index (χ1v) is 10.5. The lowest BCUT2D eigenvalue weighted by atomic mass is 10.1. The lowest BCUT2D eigenvalue weighted by molar-refractivity contribution is -0.387. The van der Waals surface area contributed by atoms with Crippen molar-refractivity contribution in [2.75, 3.05) is 19.4 Å². The van der Waals surface area contributed by atoms with E-state index in [-0.39, 0.29) is 5.56 Å². The standard InChI is InChI=1S/C18H17ClN2O7S/c1-29(26,27)16-7-4-13(10-15(16)21(24)25)18(23)28-11-17(22)20-9-8-12-2-5-14(19)6-3-12/h2-7,10H,8-9,11H2,1H3,(H,20,22). The van der Waals surface area contributed by atoms with Crippen LogP contribution in [-0.4, -0.2) is 44.6 Å². The summed E-state index contributed by atoms with van der Waals surface area (Å²) in [4.78, 5) is 33.5. The van der Waals surface area contributed by atoms with Gasteiger partial charge in [-0.05, 0) is 36.2 Å². The fourth-order valence-corrected chi connectivity index (χ4v) is 3.32. The number of nitro benzene ring substituents is 1. The summed E-state index contributed by atoms with van der Waals surface area (Å²) in [5.41, 5.74) is -0.0163. The van der Waals surface area contributed by atoms with Crippen molar-refractivity contribution in [3.8, 4) is 0 Å². The molecule has 0 radical (unpaired) electrons. The van der Waals surface area contributed by atoms with Crippen molar-refractivity contribution in [3.05, 3.63) is 68.7 Å². The molecule has 0 saturated heterocycles. The molecule has 0 fully saturated rings. The predicted molar refractivity (Wildman–Crippen MR) is 105 cm³/mol. The molecule has 2 aromatic rings. The average molecular weight is 441 g/mol. The Balaban J connectivity index is 1.91. The van der Waals surface area contributed by atoms with Gasteiger partial charge in [0.1, 0.15) is 4.90 Å². The summed E-state index contributed by atoms with van der Waals surface area (Å²) in [6.07, 6.45) is 1.37. The summed E-state index contributed by atoms with van der Waals surface area (Å²) in [5.74, 6) is -1.53. The number of benzene rings is 2. The summed E-state index contributed by atoms with van der Waals surface area (Å²) in [7, 11) is -3.85. The first-order valence-electron chi connectivity index (χ1n) is 8.24. The van der Waals surface area contributed by atoms with Crippen molar-refractivity contribution in [2.45, 2.75) is 11.3 Å². The minimum atomic E-state index is -3.85. The van der Waals surface area contributed by atoms with Gasteiger partial charge in [0.15, 0.2) is 16.4 Å². The molecular formula is C18H17ClN2O7S. The number of nitrogens with zero attached hydrogens (tertiary/aromatic N) is 1. The number of nitrogens with one attached hydrogen (secondary N) is 1. The molecule has 154 valence electrons. The molecule has 0 aliphatic heterocycles. The number of sulfone groups is 1. The minimum absolute atomic E-state index is 0.238. The number of nitro groups is 1. The Morgan fingerprint density at radius 1 is 1.17 bits per heavy atom. The third-order valence-electron chi connectivity index (χ3n) is 3.77. The van der Waals surface area contributed by atoms with Crippen LogP contribution in [0.15, 0.2) is 47.4 Å². The summed E-state index contributed by atoms with van der Waals surface area (Å²) in [6, 6.07) is 9.95. The SMILES string of the molecule is CS(=O)(=O)c1ccc(C(=O)OCC(=O)NCCc2ccc(Cl)cc2)cc1[N+](=O)[O-]. The second-order valence-electron chi connectivity index (χ2n) is 6.01. The van der Waals surface area contributed by atoms with E-state index in [2.05, 4.69) is 5.32 Å². The Hall–Kier alpha value is -2.98. The van der Waals surface area contributed by atoms with E-state index in [1.807, 2.05) is 12.1 Å². The summed E-state index contributed by atoms with van der Waals surface area (Å²) < 4.78 is 28.0. The summed E-state index contributed by atoms with van der Waals surface area (Å²) in [5, 5.41) is 14.3. The molecule has 0 aliphatic rings. The van der Waals surface area contributed by atoms with Gasteiger partial charge in [0.25, 0.3) is 11.6 Å². The van der Waals surface area contributed by atoms with E-state index in [1.54, 1.807) is 12.1 Å². The number of rotatable bonds is 8. The van der Waals surface area contributed by atoms with E-state index >= 15 is 0 Å². The van der Waals surface area contributed by atoms with Gasteiger partial charge in [-0.3, -0.25) is 14.9 Å². The van der Waals surface area contributed by atoms with Crippen LogP contribution in [0.3, 0.4) is 0 Å². The van der Waals surface area contributed by atoms with E-state index < -0.39 is 43.8 Å². The molecule has 0 saturated carbocycles. The highest BCUT2D eigenvalue weighted by molar-refractivity contribution is 7.90. The smallest absolute Gasteiger partial charge is 0.338 e. The largest absolute Gasteiger partial charge is 0.452 e. The maximum absolute atomic E-state index is 12.0. The normalized spacial score (nSPS) is 11.0. The summed E-state index contributed by atoms with van der Waals surface area (Å²) >= 11 is 5.79. The highest BCUT2D eigenvalue weighted by atomic mass is 35.5. The van der Waals surface area contributed by atoms with Gasteiger partial charge in [0.2, 0.25) is 0 Å². The number of ether oxygens (including phenoxy) is 1. The molecule has 0 bridgehead atoms. The Morgan fingerprint density at radius 2 is 1.83 bits per heavy atom. The van der Waals surface area contributed by atoms with Gasteiger partial charge in [-0.1, -0.05) is 23.7 Å². The highest BCUT2D eigenvalue weighted by Gasteiger charge is 2.24. The lowest BCUT2D eigenvalue weighted by Crippen LogP contribution is -2.30. The van der Waals surface area contributed by atoms with Crippen LogP contribution in [0.25, 0.3) is 0 Å². The number of halogens is 1. The van der Waals surface area contributed by atoms with Gasteiger partial charge in [0, 0.05) is 23.9 Å². The third kappa shape index (κ3) is 6.54. The predicted octanol–water partition coefficient (Wildman–Crippen LogP) is 2.17. The first kappa shape index (κ1) is 22.3. The number of hydrogen-bond donors (Lipinski definition) is 1. The first-order chi connectivity index (χ1) is 13.6. The summed E-state index contributed by atoms with van der Waals surface area (Å²) in [6.45, 7) is -0.270. The van der Waals surface area contributed by atoms with Crippen molar-refractivity contribution in [2.24, 2.45) is 0 Å². The number of carbonyl (C=O) groups is 2. The van der Waals surface area contributed by atoms with Gasteiger partial charge in [-0.15, -0.1) is 0 Å². The second-order valence-corrected chi connectivity index (χ2v) is 8.43. The maximum Gasteiger partial charge on any atom is 0.338 e. The molecular weight excluding hydrogens is 424 g/mol. The van der Waals surface area contributed by atoms with E-state index in [1.165, 1.54) is 0 Å². The monoisotopic (exact) mass is 440 g/mol. The van der Waals surface area contributed by atoms with Crippen LogP contribution in [0.5, 0.6) is 0 Å². The van der Waals surface area contributed by atoms with Gasteiger partial charge in [-0.2, -0.15) is 0 Å². The van der Waals surface area contributed by atoms with Crippen molar-refractivity contribution in [3.63, 3.8) is 0 Å². The molecule has 0 aliphatic carbocycles. The third-order valence-corrected chi connectivity index (χ3v) is 5.17. The Labute approximate surface area is 171 Å². The van der Waals surface area contributed by atoms with Gasteiger partial charge in [-0.25, -0.2) is 13.2 Å². The minimum Gasteiger partial charge on any atom is -0.452 e. The van der Waals surface area contributed by atoms with Gasteiger partial charge < -0.3 is 10.1 Å². The zero-order valence-electron chi connectivity index (χ0n) is 15.3. The number of esters is 1. The average Bonchev–Trinajstić information content (AvgIpc) is 2.66. The van der Waals surface area contributed by atoms with Crippen molar-refractivity contribution in [1.82, 2.24) is 5.32 Å². The fourth-order valence-electron chi connectivity index (χ4n) is 2.36. The highest BCUT2D eigenvalue weighted by Crippen LogP contribution is 2.25. The molecule has 1 amide bonds. The zero-order chi connectivity index (χ0) is 21.6. The number of hydrogen-bond acceptors (Lipinski definition) is 7. The molecule has 1 N–H and O–H groups in total. The van der Waals surface area contributed by atoms with Gasteiger partial charge >= 0.3 is 5.97 Å². The Kier molecular flexibility index (Phi) is 7.29. The second kappa shape index (κ2) is 9.48. The van der Waals surface area contributed by atoms with Crippen molar-refractivity contribution >= 4 is 39.0 Å². The van der Waals surface area contributed by atoms with E-state index in [0.29, 0.717) is 18.0 Å². The Morgan fingerprint density at radius 3 is 2.41 bits per heavy atom. The molecule has 0 unspecified atom stereocenters. The number of carbonyl (C=O) groups excluding carboxylic acids is 2. The van der Waals surface area contributed by atoms with Crippen LogP contribution >= 0.6 is 11.6 Å². The van der Waals surface area contributed by atoms with Crippen molar-refractivity contribution in [1.29, 1.82) is 0 Å². The maximum atomic E-state index is 12.0. The molecule has 29 heavy (non-hydrogen) atoms. The van der Waals surface area contributed by atoms with E-state index in [0.717, 1.165) is 30.0 Å². The van der Waals surface area contributed by atoms with E-state index in [4.69, 9.17) is 16.3 Å². The van der Waals surface area contributed by atoms with Crippen LogP contribution in [0.4, 0.5) is 5.69 Å². The lowest BCUT2D eigenvalue weighted by Gasteiger charge is -2.08. The molecule has 0 spiro atoms. The Bertz CT molecular complexity index is 1040. The molecule has 9 nitrogen and oxygen atoms in total. The van der Waals surface area contributed by atoms with Crippen LogP contribution in [0, 0.1) is 10.1 Å². The molecule has 0 aromatic heterocycles. The fraction of sp³-hybridized carbons (Fsp3) is 0.222. The van der Waals surface area contributed by atoms with Crippen LogP contribution in [0.1, 0.15) is 15.9 Å². The van der Waals surface area contributed by atoms with E-state index in [9.17, 15) is 28.1 Å².